The van der Waals surface area contributed by atoms with E-state index in [0.29, 0.717) is 10.9 Å². The lowest BCUT2D eigenvalue weighted by Crippen LogP contribution is -2.03. The summed E-state index contributed by atoms with van der Waals surface area (Å²) in [6, 6.07) is 8.02. The van der Waals surface area contributed by atoms with Gasteiger partial charge in [-0.25, -0.2) is 4.98 Å². The Kier molecular flexibility index (Phi) is 5.70. The fourth-order valence-corrected chi connectivity index (χ4v) is 2.87. The number of hydrogen-bond donors (Lipinski definition) is 1. The number of nitrogens with zero attached hydrogens (tertiary/aromatic N) is 2. The molecule has 1 atom stereocenters. The monoisotopic (exact) mass is 306 g/mol. The highest BCUT2D eigenvalue weighted by Gasteiger charge is 2.12. The fraction of sp³-hybridized carbons (Fsp3) is 0.438. The number of rotatable bonds is 7. The number of aliphatic hydroxyl groups excluding tert-OH is 1. The third-order valence-corrected chi connectivity index (χ3v) is 4.62. The second-order valence-electron chi connectivity index (χ2n) is 4.99. The van der Waals surface area contributed by atoms with E-state index in [1.54, 1.807) is 18.9 Å². The minimum absolute atomic E-state index is 0.0241. The Labute approximate surface area is 130 Å². The van der Waals surface area contributed by atoms with Gasteiger partial charge in [0, 0.05) is 18.0 Å². The van der Waals surface area contributed by atoms with E-state index >= 15 is 0 Å². The standard InChI is InChI=1S/C16H22N2O2S/c1-4-12(2)21-16-17-14(11-19)10-18(16)9-13-5-7-15(20-3)8-6-13/h5-8,10,12,19H,4,9,11H2,1-3H3/t12-/m0/s1. The summed E-state index contributed by atoms with van der Waals surface area (Å²) >= 11 is 1.75. The maximum absolute atomic E-state index is 9.30. The first-order valence-corrected chi connectivity index (χ1v) is 8.00. The Morgan fingerprint density at radius 2 is 2.05 bits per heavy atom. The first-order valence-electron chi connectivity index (χ1n) is 7.12. The average molecular weight is 306 g/mol. The lowest BCUT2D eigenvalue weighted by molar-refractivity contribution is 0.277. The number of ether oxygens (including phenoxy) is 1. The van der Waals surface area contributed by atoms with E-state index in [1.165, 1.54) is 5.56 Å². The summed E-state index contributed by atoms with van der Waals surface area (Å²) in [5.74, 6) is 0.856. The number of benzene rings is 1. The van der Waals surface area contributed by atoms with Gasteiger partial charge in [0.15, 0.2) is 5.16 Å². The van der Waals surface area contributed by atoms with Crippen LogP contribution in [-0.2, 0) is 13.2 Å². The van der Waals surface area contributed by atoms with Crippen molar-refractivity contribution < 1.29 is 9.84 Å². The van der Waals surface area contributed by atoms with Gasteiger partial charge in [-0.15, -0.1) is 0 Å². The van der Waals surface area contributed by atoms with Gasteiger partial charge in [0.1, 0.15) is 5.75 Å². The third kappa shape index (κ3) is 4.25. The van der Waals surface area contributed by atoms with Crippen LogP contribution in [0.2, 0.25) is 0 Å². The van der Waals surface area contributed by atoms with Gasteiger partial charge in [-0.2, -0.15) is 0 Å². The van der Waals surface area contributed by atoms with Crippen molar-refractivity contribution in [1.82, 2.24) is 9.55 Å². The highest BCUT2D eigenvalue weighted by atomic mass is 32.2. The number of thioether (sulfide) groups is 1. The molecular formula is C16H22N2O2S. The van der Waals surface area contributed by atoms with E-state index in [2.05, 4.69) is 35.5 Å². The molecule has 0 spiro atoms. The number of hydrogen-bond acceptors (Lipinski definition) is 4. The predicted octanol–water partition coefficient (Wildman–Crippen LogP) is 3.32. The van der Waals surface area contributed by atoms with Gasteiger partial charge in [0.25, 0.3) is 0 Å². The molecule has 1 heterocycles. The third-order valence-electron chi connectivity index (χ3n) is 3.35. The Bertz CT molecular complexity index is 566. The summed E-state index contributed by atoms with van der Waals surface area (Å²) in [5, 5.41) is 10.8. The van der Waals surface area contributed by atoms with Crippen LogP contribution < -0.4 is 4.74 Å². The highest BCUT2D eigenvalue weighted by molar-refractivity contribution is 7.99. The van der Waals surface area contributed by atoms with Crippen LogP contribution in [0.25, 0.3) is 0 Å². The lowest BCUT2D eigenvalue weighted by Gasteiger charge is -2.11. The van der Waals surface area contributed by atoms with Crippen molar-refractivity contribution in [3.05, 3.63) is 41.7 Å². The van der Waals surface area contributed by atoms with E-state index in [-0.39, 0.29) is 6.61 Å². The second-order valence-corrected chi connectivity index (χ2v) is 6.39. The van der Waals surface area contributed by atoms with Gasteiger partial charge < -0.3 is 14.4 Å². The maximum atomic E-state index is 9.30. The van der Waals surface area contributed by atoms with Gasteiger partial charge >= 0.3 is 0 Å². The van der Waals surface area contributed by atoms with E-state index in [9.17, 15) is 5.11 Å². The maximum Gasteiger partial charge on any atom is 0.168 e. The molecule has 2 rings (SSSR count). The van der Waals surface area contributed by atoms with Crippen molar-refractivity contribution in [1.29, 1.82) is 0 Å². The van der Waals surface area contributed by atoms with Gasteiger partial charge in [-0.05, 0) is 24.1 Å². The molecule has 21 heavy (non-hydrogen) atoms. The molecule has 5 heteroatoms. The Balaban J connectivity index is 2.18. The molecule has 0 amide bonds. The van der Waals surface area contributed by atoms with Crippen LogP contribution in [0.4, 0.5) is 0 Å². The topological polar surface area (TPSA) is 47.3 Å². The fourth-order valence-electron chi connectivity index (χ4n) is 1.93. The van der Waals surface area contributed by atoms with Crippen LogP contribution in [0.5, 0.6) is 5.75 Å². The SMILES string of the molecule is CC[C@H](C)Sc1nc(CO)cn1Cc1ccc(OC)cc1. The van der Waals surface area contributed by atoms with E-state index in [1.807, 2.05) is 18.3 Å². The minimum Gasteiger partial charge on any atom is -0.497 e. The van der Waals surface area contributed by atoms with E-state index in [4.69, 9.17) is 4.74 Å². The molecule has 0 radical (unpaired) electrons. The van der Waals surface area contributed by atoms with Crippen molar-refractivity contribution >= 4 is 11.8 Å². The normalized spacial score (nSPS) is 12.4. The lowest BCUT2D eigenvalue weighted by atomic mass is 10.2. The molecule has 0 unspecified atom stereocenters. The molecule has 0 aliphatic carbocycles. The smallest absolute Gasteiger partial charge is 0.168 e. The van der Waals surface area contributed by atoms with Crippen molar-refractivity contribution in [2.24, 2.45) is 0 Å². The van der Waals surface area contributed by atoms with Crippen LogP contribution >= 0.6 is 11.8 Å². The van der Waals surface area contributed by atoms with Gasteiger partial charge in [-0.3, -0.25) is 0 Å². The Hall–Kier alpha value is -1.46. The van der Waals surface area contributed by atoms with Crippen molar-refractivity contribution in [2.75, 3.05) is 7.11 Å². The minimum atomic E-state index is -0.0241. The Morgan fingerprint density at radius 3 is 2.62 bits per heavy atom. The number of methoxy groups -OCH3 is 1. The highest BCUT2D eigenvalue weighted by Crippen LogP contribution is 2.25. The van der Waals surface area contributed by atoms with Crippen molar-refractivity contribution in [3.8, 4) is 5.75 Å². The molecule has 2 aromatic rings. The first kappa shape index (κ1) is 15.9. The average Bonchev–Trinajstić information content (AvgIpc) is 2.89. The molecule has 1 aromatic carbocycles. The number of aliphatic hydroxyl groups is 1. The summed E-state index contributed by atoms with van der Waals surface area (Å²) in [7, 11) is 1.67. The zero-order valence-corrected chi connectivity index (χ0v) is 13.6. The molecular weight excluding hydrogens is 284 g/mol. The van der Waals surface area contributed by atoms with Gasteiger partial charge in [0.05, 0.1) is 19.4 Å². The van der Waals surface area contributed by atoms with E-state index < -0.39 is 0 Å². The molecule has 0 bridgehead atoms. The van der Waals surface area contributed by atoms with Crippen LogP contribution in [0, 0.1) is 0 Å². The van der Waals surface area contributed by atoms with E-state index in [0.717, 1.165) is 23.9 Å². The molecule has 1 N–H and O–H groups in total. The molecule has 0 aliphatic heterocycles. The first-order chi connectivity index (χ1) is 10.2. The summed E-state index contributed by atoms with van der Waals surface area (Å²) in [6.07, 6.45) is 3.02. The molecule has 0 fully saturated rings. The zero-order valence-electron chi connectivity index (χ0n) is 12.7. The zero-order chi connectivity index (χ0) is 15.2. The van der Waals surface area contributed by atoms with Crippen LogP contribution in [-0.4, -0.2) is 27.0 Å². The quantitative estimate of drug-likeness (QED) is 0.797. The molecule has 0 saturated heterocycles. The van der Waals surface area contributed by atoms with Crippen LogP contribution in [0.1, 0.15) is 31.5 Å². The molecule has 1 aromatic heterocycles. The molecule has 114 valence electrons. The molecule has 0 saturated carbocycles. The Morgan fingerprint density at radius 1 is 1.33 bits per heavy atom. The molecule has 0 aliphatic rings. The number of aromatic nitrogens is 2. The largest absolute Gasteiger partial charge is 0.497 e. The number of imidazole rings is 1. The van der Waals surface area contributed by atoms with Gasteiger partial charge in [0.2, 0.25) is 0 Å². The second kappa shape index (κ2) is 7.52. The van der Waals surface area contributed by atoms with Crippen LogP contribution in [0.15, 0.2) is 35.6 Å². The van der Waals surface area contributed by atoms with Crippen molar-refractivity contribution in [2.45, 2.75) is 43.8 Å². The summed E-state index contributed by atoms with van der Waals surface area (Å²) in [6.45, 7) is 5.08. The summed E-state index contributed by atoms with van der Waals surface area (Å²) in [5.41, 5.74) is 1.90. The predicted molar refractivity (Wildman–Crippen MR) is 85.9 cm³/mol. The van der Waals surface area contributed by atoms with Crippen molar-refractivity contribution in [3.63, 3.8) is 0 Å². The van der Waals surface area contributed by atoms with Gasteiger partial charge in [-0.1, -0.05) is 37.7 Å². The summed E-state index contributed by atoms with van der Waals surface area (Å²) < 4.78 is 7.28. The van der Waals surface area contributed by atoms with Crippen LogP contribution in [0.3, 0.4) is 0 Å². The summed E-state index contributed by atoms with van der Waals surface area (Å²) in [4.78, 5) is 4.50. The molecule has 4 nitrogen and oxygen atoms in total.